The Morgan fingerprint density at radius 3 is 2.79 bits per heavy atom. The summed E-state index contributed by atoms with van der Waals surface area (Å²) in [5.41, 5.74) is 0. The van der Waals surface area contributed by atoms with Gasteiger partial charge in [0, 0.05) is 13.1 Å². The van der Waals surface area contributed by atoms with Crippen LogP contribution in [0.25, 0.3) is 0 Å². The van der Waals surface area contributed by atoms with Gasteiger partial charge >= 0.3 is 6.36 Å². The number of morpholine rings is 1. The second-order valence-electron chi connectivity index (χ2n) is 3.85. The molecule has 0 aliphatic carbocycles. The molecule has 1 saturated heterocycles. The molecule has 0 bridgehead atoms. The van der Waals surface area contributed by atoms with Crippen molar-refractivity contribution in [2.75, 3.05) is 30.5 Å². The fourth-order valence-electron chi connectivity index (χ4n) is 1.66. The third-order valence-electron chi connectivity index (χ3n) is 2.47. The predicted molar refractivity (Wildman–Crippen MR) is 61.4 cm³/mol. The van der Waals surface area contributed by atoms with Crippen molar-refractivity contribution in [3.05, 3.63) is 12.4 Å². The smallest absolute Gasteiger partial charge is 0.386 e. The molecule has 1 aliphatic heterocycles. The summed E-state index contributed by atoms with van der Waals surface area (Å²) >= 11 is 5.70. The van der Waals surface area contributed by atoms with Crippen LogP contribution in [0.4, 0.5) is 19.0 Å². The van der Waals surface area contributed by atoms with Crippen LogP contribution in [-0.4, -0.2) is 48.0 Å². The number of halogens is 4. The van der Waals surface area contributed by atoms with E-state index in [1.807, 2.05) is 4.90 Å². The van der Waals surface area contributed by atoms with E-state index in [1.54, 1.807) is 0 Å². The molecule has 1 atom stereocenters. The maximum absolute atomic E-state index is 12.0. The number of aromatic nitrogens is 2. The molecule has 0 spiro atoms. The van der Waals surface area contributed by atoms with Gasteiger partial charge in [0.1, 0.15) is 5.82 Å². The first-order valence-electron chi connectivity index (χ1n) is 5.48. The Kier molecular flexibility index (Phi) is 4.31. The first-order chi connectivity index (χ1) is 8.98. The van der Waals surface area contributed by atoms with Gasteiger partial charge in [0.05, 0.1) is 31.0 Å². The van der Waals surface area contributed by atoms with Gasteiger partial charge < -0.3 is 14.4 Å². The van der Waals surface area contributed by atoms with Crippen molar-refractivity contribution in [1.29, 1.82) is 0 Å². The lowest BCUT2D eigenvalue weighted by atomic mass is 10.3. The van der Waals surface area contributed by atoms with E-state index in [0.717, 1.165) is 6.20 Å². The number of hydrogen-bond acceptors (Lipinski definition) is 5. The van der Waals surface area contributed by atoms with Crippen molar-refractivity contribution < 1.29 is 22.6 Å². The van der Waals surface area contributed by atoms with Crippen LogP contribution < -0.4 is 9.64 Å². The molecule has 1 fully saturated rings. The van der Waals surface area contributed by atoms with Crippen LogP contribution in [-0.2, 0) is 4.74 Å². The van der Waals surface area contributed by atoms with E-state index in [1.165, 1.54) is 6.20 Å². The van der Waals surface area contributed by atoms with Gasteiger partial charge in [-0.05, 0) is 0 Å². The fraction of sp³-hybridized carbons (Fsp3) is 0.600. The summed E-state index contributed by atoms with van der Waals surface area (Å²) in [6.45, 7) is 1.60. The zero-order valence-electron chi connectivity index (χ0n) is 9.73. The topological polar surface area (TPSA) is 47.5 Å². The molecular formula is C10H11ClF3N3O2. The number of nitrogens with zero attached hydrogens (tertiary/aromatic N) is 3. The fourth-order valence-corrected chi connectivity index (χ4v) is 1.85. The highest BCUT2D eigenvalue weighted by Gasteiger charge is 2.32. The molecule has 0 N–H and O–H groups in total. The molecule has 1 aromatic heterocycles. The van der Waals surface area contributed by atoms with Crippen LogP contribution in [0.3, 0.4) is 0 Å². The summed E-state index contributed by atoms with van der Waals surface area (Å²) in [7, 11) is 0. The van der Waals surface area contributed by atoms with Crippen LogP contribution in [0.1, 0.15) is 0 Å². The highest BCUT2D eigenvalue weighted by Crippen LogP contribution is 2.21. The van der Waals surface area contributed by atoms with Gasteiger partial charge in [-0.15, -0.1) is 24.8 Å². The SMILES string of the molecule is FC(F)(F)Oc1cnc(N2CCOC(CCl)C2)cn1. The molecule has 19 heavy (non-hydrogen) atoms. The van der Waals surface area contributed by atoms with E-state index in [4.69, 9.17) is 16.3 Å². The van der Waals surface area contributed by atoms with Gasteiger partial charge in [-0.25, -0.2) is 9.97 Å². The highest BCUT2D eigenvalue weighted by molar-refractivity contribution is 6.18. The van der Waals surface area contributed by atoms with Crippen molar-refractivity contribution in [3.63, 3.8) is 0 Å². The zero-order chi connectivity index (χ0) is 13.9. The van der Waals surface area contributed by atoms with Crippen molar-refractivity contribution >= 4 is 17.4 Å². The molecule has 1 aromatic rings. The lowest BCUT2D eigenvalue weighted by molar-refractivity contribution is -0.276. The van der Waals surface area contributed by atoms with Crippen LogP contribution >= 0.6 is 11.6 Å². The minimum Gasteiger partial charge on any atom is -0.386 e. The maximum atomic E-state index is 12.0. The molecule has 2 rings (SSSR count). The maximum Gasteiger partial charge on any atom is 0.574 e. The minimum atomic E-state index is -4.76. The monoisotopic (exact) mass is 297 g/mol. The quantitative estimate of drug-likeness (QED) is 0.797. The van der Waals surface area contributed by atoms with Gasteiger partial charge in [0.2, 0.25) is 5.88 Å². The second kappa shape index (κ2) is 5.79. The van der Waals surface area contributed by atoms with E-state index >= 15 is 0 Å². The van der Waals surface area contributed by atoms with Crippen LogP contribution in [0.5, 0.6) is 5.88 Å². The summed E-state index contributed by atoms with van der Waals surface area (Å²) < 4.78 is 44.9. The third kappa shape index (κ3) is 4.10. The Bertz CT molecular complexity index is 415. The van der Waals surface area contributed by atoms with Gasteiger partial charge in [-0.1, -0.05) is 0 Å². The van der Waals surface area contributed by atoms with Gasteiger partial charge in [0.15, 0.2) is 0 Å². The highest BCUT2D eigenvalue weighted by atomic mass is 35.5. The van der Waals surface area contributed by atoms with Crippen LogP contribution in [0.15, 0.2) is 12.4 Å². The molecule has 5 nitrogen and oxygen atoms in total. The van der Waals surface area contributed by atoms with E-state index in [9.17, 15) is 13.2 Å². The van der Waals surface area contributed by atoms with E-state index < -0.39 is 12.2 Å². The zero-order valence-corrected chi connectivity index (χ0v) is 10.5. The number of anilines is 1. The molecule has 0 saturated carbocycles. The van der Waals surface area contributed by atoms with Gasteiger partial charge in [-0.3, -0.25) is 0 Å². The first-order valence-corrected chi connectivity index (χ1v) is 6.01. The Labute approximate surface area is 112 Å². The van der Waals surface area contributed by atoms with E-state index in [-0.39, 0.29) is 6.10 Å². The van der Waals surface area contributed by atoms with Crippen LogP contribution in [0, 0.1) is 0 Å². The van der Waals surface area contributed by atoms with Gasteiger partial charge in [-0.2, -0.15) is 0 Å². The van der Waals surface area contributed by atoms with Crippen molar-refractivity contribution in [1.82, 2.24) is 9.97 Å². The normalized spacial score (nSPS) is 20.4. The molecule has 0 aromatic carbocycles. The van der Waals surface area contributed by atoms with Crippen LogP contribution in [0.2, 0.25) is 0 Å². The molecule has 0 radical (unpaired) electrons. The summed E-state index contributed by atoms with van der Waals surface area (Å²) in [6.07, 6.45) is -2.71. The lowest BCUT2D eigenvalue weighted by Gasteiger charge is -2.32. The molecule has 1 unspecified atom stereocenters. The predicted octanol–water partition coefficient (Wildman–Crippen LogP) is 1.82. The Morgan fingerprint density at radius 2 is 2.21 bits per heavy atom. The number of rotatable bonds is 3. The molecule has 0 amide bonds. The average molecular weight is 298 g/mol. The molecule has 1 aliphatic rings. The minimum absolute atomic E-state index is 0.122. The molecule has 9 heteroatoms. The second-order valence-corrected chi connectivity index (χ2v) is 4.16. The van der Waals surface area contributed by atoms with Gasteiger partial charge in [0.25, 0.3) is 0 Å². The Hall–Kier alpha value is -1.28. The number of ether oxygens (including phenoxy) is 2. The largest absolute Gasteiger partial charge is 0.574 e. The molecular weight excluding hydrogens is 287 g/mol. The van der Waals surface area contributed by atoms with Crippen molar-refractivity contribution in [2.45, 2.75) is 12.5 Å². The first kappa shape index (κ1) is 14.1. The Morgan fingerprint density at radius 1 is 1.42 bits per heavy atom. The Balaban J connectivity index is 2.01. The standard InChI is InChI=1S/C10H11ClF3N3O2/c11-3-7-6-17(1-2-18-7)8-4-16-9(5-15-8)19-10(12,13)14/h4-5,7H,1-3,6H2. The third-order valence-corrected chi connectivity index (χ3v) is 2.81. The summed E-state index contributed by atoms with van der Waals surface area (Å²) in [4.78, 5) is 9.31. The summed E-state index contributed by atoms with van der Waals surface area (Å²) in [5.74, 6) is 0.227. The summed E-state index contributed by atoms with van der Waals surface area (Å²) in [5, 5.41) is 0. The molecule has 106 valence electrons. The van der Waals surface area contributed by atoms with Crippen molar-refractivity contribution in [3.8, 4) is 5.88 Å². The number of alkyl halides is 4. The number of hydrogen-bond donors (Lipinski definition) is 0. The average Bonchev–Trinajstić information content (AvgIpc) is 2.38. The lowest BCUT2D eigenvalue weighted by Crippen LogP contribution is -2.43. The summed E-state index contributed by atoms with van der Waals surface area (Å²) in [6, 6.07) is 0. The van der Waals surface area contributed by atoms with E-state index in [2.05, 4.69) is 14.7 Å². The van der Waals surface area contributed by atoms with E-state index in [0.29, 0.717) is 31.4 Å². The van der Waals surface area contributed by atoms with Crippen molar-refractivity contribution in [2.24, 2.45) is 0 Å². The molecule has 2 heterocycles.